The highest BCUT2D eigenvalue weighted by Crippen LogP contribution is 2.43. The highest BCUT2D eigenvalue weighted by molar-refractivity contribution is 6.01. The number of benzene rings is 2. The van der Waals surface area contributed by atoms with Gasteiger partial charge in [-0.15, -0.1) is 0 Å². The van der Waals surface area contributed by atoms with Gasteiger partial charge in [0.15, 0.2) is 12.3 Å². The van der Waals surface area contributed by atoms with Crippen molar-refractivity contribution >= 4 is 28.1 Å². The first-order valence-electron chi connectivity index (χ1n) is 7.28. The van der Waals surface area contributed by atoms with Gasteiger partial charge in [0.25, 0.3) is 0 Å². The van der Waals surface area contributed by atoms with E-state index in [4.69, 9.17) is 5.11 Å². The maximum absolute atomic E-state index is 10.9. The van der Waals surface area contributed by atoms with Crippen LogP contribution in [-0.2, 0) is 10.2 Å². The second-order valence-electron chi connectivity index (χ2n) is 6.19. The maximum Gasteiger partial charge on any atom is 0.309 e. The minimum atomic E-state index is -0.755. The lowest BCUT2D eigenvalue weighted by Crippen LogP contribution is -3.00. The highest BCUT2D eigenvalue weighted by atomic mass is 79.9. The Morgan fingerprint density at radius 2 is 1.86 bits per heavy atom. The van der Waals surface area contributed by atoms with Gasteiger partial charge in [-0.2, -0.15) is 4.58 Å². The first-order chi connectivity index (χ1) is 9.93. The van der Waals surface area contributed by atoms with Gasteiger partial charge in [-0.1, -0.05) is 24.3 Å². The van der Waals surface area contributed by atoms with Crippen LogP contribution in [0, 0.1) is 0 Å². The smallest absolute Gasteiger partial charge is 0.309 e. The van der Waals surface area contributed by atoms with Gasteiger partial charge in [-0.05, 0) is 30.7 Å². The second kappa shape index (κ2) is 5.84. The van der Waals surface area contributed by atoms with E-state index in [0.717, 1.165) is 5.69 Å². The summed E-state index contributed by atoms with van der Waals surface area (Å²) in [5.41, 5.74) is 3.60. The van der Waals surface area contributed by atoms with E-state index in [9.17, 15) is 4.79 Å². The number of rotatable bonds is 3. The minimum absolute atomic E-state index is 0. The van der Waals surface area contributed by atoms with Gasteiger partial charge in [0.05, 0.1) is 5.41 Å². The van der Waals surface area contributed by atoms with E-state index in [0.29, 0.717) is 6.54 Å². The molecular formula is C18H20BrNO2. The quantitative estimate of drug-likeness (QED) is 0.818. The van der Waals surface area contributed by atoms with Crippen molar-refractivity contribution in [2.45, 2.75) is 32.6 Å². The van der Waals surface area contributed by atoms with Crippen molar-refractivity contribution in [2.24, 2.45) is 0 Å². The van der Waals surface area contributed by atoms with E-state index in [1.54, 1.807) is 0 Å². The Bertz CT molecular complexity index is 778. The minimum Gasteiger partial charge on any atom is -1.00 e. The Labute approximate surface area is 141 Å². The lowest BCUT2D eigenvalue weighted by molar-refractivity contribution is -0.438. The summed E-state index contributed by atoms with van der Waals surface area (Å²) >= 11 is 0. The molecule has 0 atom stereocenters. The van der Waals surface area contributed by atoms with Crippen LogP contribution in [0.2, 0.25) is 0 Å². The molecule has 0 radical (unpaired) electrons. The van der Waals surface area contributed by atoms with Crippen molar-refractivity contribution in [3.8, 4) is 0 Å². The summed E-state index contributed by atoms with van der Waals surface area (Å²) in [6.07, 6.45) is 0.152. The lowest BCUT2D eigenvalue weighted by atomic mass is 9.80. The maximum atomic E-state index is 10.9. The zero-order valence-electron chi connectivity index (χ0n) is 13.1. The number of hydrogen-bond donors (Lipinski definition) is 1. The van der Waals surface area contributed by atoms with E-state index in [-0.39, 0.29) is 28.8 Å². The van der Waals surface area contributed by atoms with Crippen LogP contribution in [0.4, 0.5) is 5.69 Å². The number of hydrogen-bond acceptors (Lipinski definition) is 1. The van der Waals surface area contributed by atoms with Crippen LogP contribution in [0.25, 0.3) is 10.8 Å². The summed E-state index contributed by atoms with van der Waals surface area (Å²) in [7, 11) is 0. The third-order valence-corrected chi connectivity index (χ3v) is 4.68. The van der Waals surface area contributed by atoms with Gasteiger partial charge >= 0.3 is 5.97 Å². The summed E-state index contributed by atoms with van der Waals surface area (Å²) in [5, 5.41) is 11.5. The zero-order chi connectivity index (χ0) is 15.2. The van der Waals surface area contributed by atoms with E-state index in [1.807, 2.05) is 0 Å². The van der Waals surface area contributed by atoms with Crippen LogP contribution >= 0.6 is 0 Å². The fourth-order valence-corrected chi connectivity index (χ4v) is 3.34. The number of aliphatic carboxylic acids is 1. The Hall–Kier alpha value is -1.68. The highest BCUT2D eigenvalue weighted by Gasteiger charge is 2.44. The van der Waals surface area contributed by atoms with E-state index < -0.39 is 5.97 Å². The molecule has 3 nitrogen and oxygen atoms in total. The molecule has 1 aliphatic rings. The predicted octanol–water partition coefficient (Wildman–Crippen LogP) is 0.715. The first kappa shape index (κ1) is 16.7. The lowest BCUT2D eigenvalue weighted by Gasteiger charge is -2.17. The standard InChI is InChI=1S/C18H19NO2.BrH/c1-12-18(2,3)17-14-7-5-4-6-13(14)8-9-15(17)19(12)11-10-16(20)21;/h4-9H,10-11H2,1-3H3;1H. The topological polar surface area (TPSA) is 40.3 Å². The SMILES string of the molecule is CC1=[N+](CCC(=O)O)c2ccc3ccccc3c2C1(C)C.[Br-]. The average molecular weight is 362 g/mol. The molecule has 1 aliphatic heterocycles. The summed E-state index contributed by atoms with van der Waals surface area (Å²) in [6.45, 7) is 7.06. The van der Waals surface area contributed by atoms with Gasteiger partial charge in [-0.3, -0.25) is 4.79 Å². The molecule has 0 aromatic heterocycles. The van der Waals surface area contributed by atoms with Crippen molar-refractivity contribution in [3.63, 3.8) is 0 Å². The van der Waals surface area contributed by atoms with Crippen molar-refractivity contribution in [3.05, 3.63) is 42.0 Å². The van der Waals surface area contributed by atoms with Crippen molar-refractivity contribution < 1.29 is 31.5 Å². The van der Waals surface area contributed by atoms with E-state index in [2.05, 4.69) is 61.7 Å². The monoisotopic (exact) mass is 361 g/mol. The Morgan fingerprint density at radius 3 is 2.55 bits per heavy atom. The van der Waals surface area contributed by atoms with Crippen molar-refractivity contribution in [2.75, 3.05) is 6.54 Å². The number of carbonyl (C=O) groups is 1. The van der Waals surface area contributed by atoms with Gasteiger partial charge in [0.2, 0.25) is 5.69 Å². The molecule has 0 aliphatic carbocycles. The molecule has 22 heavy (non-hydrogen) atoms. The molecule has 4 heteroatoms. The fourth-order valence-electron chi connectivity index (χ4n) is 3.34. The van der Waals surface area contributed by atoms with Gasteiger partial charge in [0.1, 0.15) is 6.42 Å². The molecule has 0 saturated carbocycles. The summed E-state index contributed by atoms with van der Waals surface area (Å²) in [6, 6.07) is 12.6. The van der Waals surface area contributed by atoms with Gasteiger partial charge < -0.3 is 22.1 Å². The number of nitrogens with zero attached hydrogens (tertiary/aromatic N) is 1. The third-order valence-electron chi connectivity index (χ3n) is 4.68. The summed E-state index contributed by atoms with van der Waals surface area (Å²) in [5.74, 6) is -0.755. The Morgan fingerprint density at radius 1 is 1.18 bits per heavy atom. The molecule has 2 aromatic carbocycles. The summed E-state index contributed by atoms with van der Waals surface area (Å²) in [4.78, 5) is 10.9. The molecule has 0 saturated heterocycles. The zero-order valence-corrected chi connectivity index (χ0v) is 14.6. The van der Waals surface area contributed by atoms with E-state index in [1.165, 1.54) is 22.0 Å². The van der Waals surface area contributed by atoms with Crippen LogP contribution in [0.3, 0.4) is 0 Å². The number of halogens is 1. The Kier molecular flexibility index (Phi) is 4.43. The van der Waals surface area contributed by atoms with Crippen LogP contribution in [0.1, 0.15) is 32.8 Å². The molecule has 2 aromatic rings. The Balaban J connectivity index is 0.00000176. The second-order valence-corrected chi connectivity index (χ2v) is 6.19. The number of carboxylic acid groups (broad SMARTS) is 1. The molecule has 0 unspecified atom stereocenters. The van der Waals surface area contributed by atoms with Crippen molar-refractivity contribution in [1.82, 2.24) is 0 Å². The van der Waals surface area contributed by atoms with E-state index >= 15 is 0 Å². The molecule has 1 N–H and O–H groups in total. The van der Waals surface area contributed by atoms with Crippen LogP contribution in [-0.4, -0.2) is 27.9 Å². The normalized spacial score (nSPS) is 15.6. The molecule has 1 heterocycles. The van der Waals surface area contributed by atoms with Crippen LogP contribution in [0.5, 0.6) is 0 Å². The molecule has 0 bridgehead atoms. The van der Waals surface area contributed by atoms with Gasteiger partial charge in [-0.25, -0.2) is 0 Å². The third kappa shape index (κ3) is 2.45. The molecule has 0 fully saturated rings. The predicted molar refractivity (Wildman–Crippen MR) is 84.7 cm³/mol. The molecule has 3 rings (SSSR count). The molecule has 0 spiro atoms. The van der Waals surface area contributed by atoms with Gasteiger partial charge in [0, 0.05) is 18.6 Å². The summed E-state index contributed by atoms with van der Waals surface area (Å²) < 4.78 is 2.16. The van der Waals surface area contributed by atoms with Crippen LogP contribution < -0.4 is 17.0 Å². The fraction of sp³-hybridized carbons (Fsp3) is 0.333. The molecular weight excluding hydrogens is 342 g/mol. The largest absolute Gasteiger partial charge is 1.00 e. The molecule has 0 amide bonds. The van der Waals surface area contributed by atoms with Crippen molar-refractivity contribution in [1.29, 1.82) is 0 Å². The number of carboxylic acids is 1. The van der Waals surface area contributed by atoms with Crippen LogP contribution in [0.15, 0.2) is 36.4 Å². The number of fused-ring (bicyclic) bond motifs is 3. The molecule has 116 valence electrons. The first-order valence-corrected chi connectivity index (χ1v) is 7.28. The average Bonchev–Trinajstić information content (AvgIpc) is 2.65.